The fourth-order valence-electron chi connectivity index (χ4n) is 5.90. The first-order valence-electron chi connectivity index (χ1n) is 12.4. The third-order valence-electron chi connectivity index (χ3n) is 7.73. The highest BCUT2D eigenvalue weighted by molar-refractivity contribution is 5.79. The Morgan fingerprint density at radius 1 is 1.06 bits per heavy atom. The van der Waals surface area contributed by atoms with Gasteiger partial charge in [-0.25, -0.2) is 14.2 Å². The molecule has 3 aliphatic rings. The Hall–Kier alpha value is -2.42. The standard InChI is InChI=1S/C26H33F2N5O/c27-22-5-3-6-23(28)21(22)16-33-13-2-1-4-19(15-33)30-26(34)18-7-8-24-20(14-18)25(32-31-24)17-9-11-29-12-10-17/h3,5-6,9-12,18-20,24-25,31-32H,1-2,4,7-8,13-16H2,(H,30,34). The second-order valence-corrected chi connectivity index (χ2v) is 9.96. The minimum atomic E-state index is -0.510. The Kier molecular flexibility index (Phi) is 7.18. The number of nitrogens with one attached hydrogen (secondary N) is 3. The van der Waals surface area contributed by atoms with Gasteiger partial charge in [-0.3, -0.25) is 20.1 Å². The SMILES string of the molecule is O=C(NC1CCCCN(Cc2c(F)cccc2F)C1)C1CCC2NNC(c3ccncc3)C2C1. The van der Waals surface area contributed by atoms with Gasteiger partial charge in [-0.15, -0.1) is 0 Å². The number of likely N-dealkylation sites (tertiary alicyclic amines) is 1. The number of rotatable bonds is 5. The Bertz CT molecular complexity index is 970. The molecule has 3 heterocycles. The van der Waals surface area contributed by atoms with Crippen LogP contribution >= 0.6 is 0 Å². The molecule has 5 atom stereocenters. The molecule has 1 aromatic carbocycles. The van der Waals surface area contributed by atoms with Crippen LogP contribution in [0.15, 0.2) is 42.7 Å². The molecule has 2 aliphatic heterocycles. The van der Waals surface area contributed by atoms with Gasteiger partial charge in [-0.05, 0) is 74.4 Å². The van der Waals surface area contributed by atoms with Crippen molar-refractivity contribution in [3.05, 3.63) is 65.5 Å². The molecule has 3 fully saturated rings. The summed E-state index contributed by atoms with van der Waals surface area (Å²) in [5.74, 6) is -0.578. The predicted octanol–water partition coefficient (Wildman–Crippen LogP) is 3.46. The third-order valence-corrected chi connectivity index (χ3v) is 7.73. The molecule has 1 aromatic heterocycles. The number of amides is 1. The van der Waals surface area contributed by atoms with Crippen molar-refractivity contribution in [3.63, 3.8) is 0 Å². The summed E-state index contributed by atoms with van der Waals surface area (Å²) in [6, 6.07) is 8.60. The van der Waals surface area contributed by atoms with E-state index in [1.54, 1.807) is 0 Å². The van der Waals surface area contributed by atoms with Crippen molar-refractivity contribution >= 4 is 5.91 Å². The van der Waals surface area contributed by atoms with Crippen LogP contribution in [0.4, 0.5) is 8.78 Å². The molecule has 6 nitrogen and oxygen atoms in total. The number of fused-ring (bicyclic) bond motifs is 1. The van der Waals surface area contributed by atoms with Crippen LogP contribution in [-0.4, -0.2) is 41.0 Å². The van der Waals surface area contributed by atoms with E-state index in [0.29, 0.717) is 18.5 Å². The van der Waals surface area contributed by atoms with Crippen LogP contribution in [0.3, 0.4) is 0 Å². The minimum absolute atomic E-state index is 0.00150. The van der Waals surface area contributed by atoms with Crippen LogP contribution in [0.2, 0.25) is 0 Å². The van der Waals surface area contributed by atoms with Crippen molar-refractivity contribution in [2.45, 2.75) is 63.2 Å². The maximum Gasteiger partial charge on any atom is 0.223 e. The van der Waals surface area contributed by atoms with Gasteiger partial charge < -0.3 is 5.32 Å². The summed E-state index contributed by atoms with van der Waals surface area (Å²) in [5, 5.41) is 3.29. The summed E-state index contributed by atoms with van der Waals surface area (Å²) in [6.45, 7) is 1.61. The van der Waals surface area contributed by atoms with Gasteiger partial charge in [0.15, 0.2) is 0 Å². The second-order valence-electron chi connectivity index (χ2n) is 9.96. The maximum absolute atomic E-state index is 14.2. The summed E-state index contributed by atoms with van der Waals surface area (Å²) < 4.78 is 28.3. The molecule has 1 aliphatic carbocycles. The van der Waals surface area contributed by atoms with Crippen LogP contribution in [-0.2, 0) is 11.3 Å². The van der Waals surface area contributed by atoms with Crippen molar-refractivity contribution in [2.24, 2.45) is 11.8 Å². The molecule has 0 radical (unpaired) electrons. The number of nitrogens with zero attached hydrogens (tertiary/aromatic N) is 2. The lowest BCUT2D eigenvalue weighted by atomic mass is 9.74. The molecule has 3 N–H and O–H groups in total. The van der Waals surface area contributed by atoms with E-state index in [1.807, 2.05) is 24.5 Å². The van der Waals surface area contributed by atoms with Crippen molar-refractivity contribution < 1.29 is 13.6 Å². The van der Waals surface area contributed by atoms with Gasteiger partial charge in [-0.2, -0.15) is 0 Å². The van der Waals surface area contributed by atoms with Crippen molar-refractivity contribution in [1.82, 2.24) is 26.1 Å². The number of hydrogen-bond acceptors (Lipinski definition) is 5. The lowest BCUT2D eigenvalue weighted by Crippen LogP contribution is -2.47. The number of carbonyl (C=O) groups excluding carboxylic acids is 1. The van der Waals surface area contributed by atoms with Gasteiger partial charge in [-0.1, -0.05) is 12.5 Å². The first kappa shape index (κ1) is 23.3. The van der Waals surface area contributed by atoms with Crippen molar-refractivity contribution in [1.29, 1.82) is 0 Å². The van der Waals surface area contributed by atoms with Crippen molar-refractivity contribution in [2.75, 3.05) is 13.1 Å². The zero-order valence-electron chi connectivity index (χ0n) is 19.4. The van der Waals surface area contributed by atoms with E-state index >= 15 is 0 Å². The van der Waals surface area contributed by atoms with Gasteiger partial charge in [0.05, 0.1) is 6.04 Å². The zero-order chi connectivity index (χ0) is 23.5. The highest BCUT2D eigenvalue weighted by Crippen LogP contribution is 2.40. The molecule has 8 heteroatoms. The first-order chi connectivity index (χ1) is 16.6. The molecule has 5 rings (SSSR count). The minimum Gasteiger partial charge on any atom is -0.352 e. The van der Waals surface area contributed by atoms with E-state index < -0.39 is 11.6 Å². The molecular formula is C26H33F2N5O. The number of aromatic nitrogens is 1. The van der Waals surface area contributed by atoms with Gasteiger partial charge in [0.25, 0.3) is 0 Å². The molecule has 182 valence electrons. The topological polar surface area (TPSA) is 69.3 Å². The van der Waals surface area contributed by atoms with Crippen LogP contribution in [0.1, 0.15) is 55.7 Å². The highest BCUT2D eigenvalue weighted by atomic mass is 19.1. The zero-order valence-corrected chi connectivity index (χ0v) is 19.4. The lowest BCUT2D eigenvalue weighted by molar-refractivity contribution is -0.127. The summed E-state index contributed by atoms with van der Waals surface area (Å²) in [6.07, 6.45) is 9.12. The van der Waals surface area contributed by atoms with Crippen LogP contribution < -0.4 is 16.2 Å². The van der Waals surface area contributed by atoms with E-state index in [0.717, 1.165) is 45.1 Å². The molecule has 1 amide bonds. The number of halogens is 2. The molecule has 0 bridgehead atoms. The molecule has 2 aromatic rings. The maximum atomic E-state index is 14.2. The highest BCUT2D eigenvalue weighted by Gasteiger charge is 2.43. The lowest BCUT2D eigenvalue weighted by Gasteiger charge is -2.34. The van der Waals surface area contributed by atoms with Gasteiger partial charge in [0, 0.05) is 49.0 Å². The van der Waals surface area contributed by atoms with E-state index in [1.165, 1.54) is 23.8 Å². The summed E-state index contributed by atoms with van der Waals surface area (Å²) in [4.78, 5) is 19.5. The Morgan fingerprint density at radius 3 is 2.65 bits per heavy atom. The van der Waals surface area contributed by atoms with Crippen molar-refractivity contribution in [3.8, 4) is 0 Å². The largest absolute Gasteiger partial charge is 0.352 e. The summed E-state index contributed by atoms with van der Waals surface area (Å²) in [5.41, 5.74) is 8.15. The monoisotopic (exact) mass is 469 g/mol. The normalized spacial score (nSPS) is 29.9. The second kappa shape index (κ2) is 10.5. The quantitative estimate of drug-likeness (QED) is 0.626. The fraction of sp³-hybridized carbons (Fsp3) is 0.538. The van der Waals surface area contributed by atoms with E-state index in [2.05, 4.69) is 26.1 Å². The first-order valence-corrected chi connectivity index (χ1v) is 12.4. The number of benzene rings is 1. The third kappa shape index (κ3) is 5.14. The Labute approximate surface area is 199 Å². The summed E-state index contributed by atoms with van der Waals surface area (Å²) >= 11 is 0. The number of carbonyl (C=O) groups is 1. The van der Waals surface area contributed by atoms with E-state index in [4.69, 9.17) is 0 Å². The van der Waals surface area contributed by atoms with E-state index in [-0.39, 0.29) is 36.0 Å². The molecule has 34 heavy (non-hydrogen) atoms. The predicted molar refractivity (Wildman–Crippen MR) is 125 cm³/mol. The van der Waals surface area contributed by atoms with Gasteiger partial charge in [0.1, 0.15) is 11.6 Å². The molecular weight excluding hydrogens is 436 g/mol. The number of hydrogen-bond donors (Lipinski definition) is 3. The fourth-order valence-corrected chi connectivity index (χ4v) is 5.90. The van der Waals surface area contributed by atoms with Gasteiger partial charge >= 0.3 is 0 Å². The number of pyridine rings is 1. The van der Waals surface area contributed by atoms with Crippen LogP contribution in [0.5, 0.6) is 0 Å². The molecule has 5 unspecified atom stereocenters. The molecule has 2 saturated heterocycles. The number of hydrazine groups is 1. The van der Waals surface area contributed by atoms with Gasteiger partial charge in [0.2, 0.25) is 5.91 Å². The Balaban J connectivity index is 1.20. The van der Waals surface area contributed by atoms with Crippen LogP contribution in [0.25, 0.3) is 0 Å². The average molecular weight is 470 g/mol. The Morgan fingerprint density at radius 2 is 1.85 bits per heavy atom. The smallest absolute Gasteiger partial charge is 0.223 e. The van der Waals surface area contributed by atoms with Crippen LogP contribution in [0, 0.1) is 23.5 Å². The molecule has 0 spiro atoms. The van der Waals surface area contributed by atoms with E-state index in [9.17, 15) is 13.6 Å². The molecule has 1 saturated carbocycles. The summed E-state index contributed by atoms with van der Waals surface area (Å²) in [7, 11) is 0. The average Bonchev–Trinajstić information content (AvgIpc) is 3.15.